The van der Waals surface area contributed by atoms with E-state index in [0.717, 1.165) is 0 Å². The molecule has 0 radical (unpaired) electrons. The lowest BCUT2D eigenvalue weighted by molar-refractivity contribution is 0.0690. The van der Waals surface area contributed by atoms with Crippen molar-refractivity contribution < 1.29 is 23.1 Å². The number of nitrogens with zero attached hydrogens (tertiary/aromatic N) is 3. The molecule has 3 rings (SSSR count). The molecule has 1 fully saturated rings. The van der Waals surface area contributed by atoms with Crippen LogP contribution in [0.4, 0.5) is 0 Å². The summed E-state index contributed by atoms with van der Waals surface area (Å²) in [5.41, 5.74) is -0.168. The Balaban J connectivity index is 1.74. The fourth-order valence-electron chi connectivity index (χ4n) is 2.91. The van der Waals surface area contributed by atoms with Crippen molar-refractivity contribution in [2.24, 2.45) is 0 Å². The molecule has 0 bridgehead atoms. The van der Waals surface area contributed by atoms with Crippen LogP contribution in [0.5, 0.6) is 0 Å². The molecule has 2 aromatic rings. The predicted molar refractivity (Wildman–Crippen MR) is 96.9 cm³/mol. The van der Waals surface area contributed by atoms with Crippen LogP contribution in [0.1, 0.15) is 27.4 Å². The maximum absolute atomic E-state index is 12.8. The number of carboxylic acids is 1. The number of benzene rings is 1. The number of rotatable bonds is 4. The van der Waals surface area contributed by atoms with E-state index in [-0.39, 0.29) is 29.4 Å². The predicted octanol–water partition coefficient (Wildman–Crippen LogP) is 1.32. The number of hydrogen-bond acceptors (Lipinski definition) is 5. The third-order valence-corrected chi connectivity index (χ3v) is 6.22. The lowest BCUT2D eigenvalue weighted by Crippen LogP contribution is -2.37. The summed E-state index contributed by atoms with van der Waals surface area (Å²) in [7, 11) is -3.62. The molecule has 1 aromatic carbocycles. The zero-order valence-corrected chi connectivity index (χ0v) is 15.3. The van der Waals surface area contributed by atoms with Gasteiger partial charge in [0.05, 0.1) is 4.90 Å². The minimum atomic E-state index is -3.62. The van der Waals surface area contributed by atoms with E-state index in [1.54, 1.807) is 30.3 Å². The van der Waals surface area contributed by atoms with E-state index in [2.05, 4.69) is 4.98 Å². The van der Waals surface area contributed by atoms with Gasteiger partial charge in [-0.2, -0.15) is 4.31 Å². The molecular formula is C18H19N3O5S. The van der Waals surface area contributed by atoms with Crippen LogP contribution in [0, 0.1) is 0 Å². The fourth-order valence-corrected chi connectivity index (χ4v) is 4.40. The summed E-state index contributed by atoms with van der Waals surface area (Å²) in [5, 5.41) is 9.02. The van der Waals surface area contributed by atoms with E-state index in [0.29, 0.717) is 19.5 Å². The Morgan fingerprint density at radius 3 is 2.30 bits per heavy atom. The van der Waals surface area contributed by atoms with Crippen LogP contribution in [0.3, 0.4) is 0 Å². The van der Waals surface area contributed by atoms with Gasteiger partial charge in [-0.1, -0.05) is 24.3 Å². The lowest BCUT2D eigenvalue weighted by Gasteiger charge is -2.21. The second kappa shape index (κ2) is 7.85. The van der Waals surface area contributed by atoms with Gasteiger partial charge in [-0.3, -0.25) is 4.79 Å². The average molecular weight is 389 g/mol. The van der Waals surface area contributed by atoms with E-state index in [1.807, 2.05) is 0 Å². The highest BCUT2D eigenvalue weighted by molar-refractivity contribution is 7.89. The summed E-state index contributed by atoms with van der Waals surface area (Å²) in [6.45, 7) is 1.06. The lowest BCUT2D eigenvalue weighted by atomic mass is 10.2. The average Bonchev–Trinajstić information content (AvgIpc) is 2.95. The molecule has 1 saturated heterocycles. The molecule has 142 valence electrons. The zero-order chi connectivity index (χ0) is 19.4. The van der Waals surface area contributed by atoms with Gasteiger partial charge in [0.1, 0.15) is 11.4 Å². The molecule has 1 amide bonds. The highest BCUT2D eigenvalue weighted by atomic mass is 32.2. The quantitative estimate of drug-likeness (QED) is 0.845. The first-order valence-electron chi connectivity index (χ1n) is 8.44. The molecule has 27 heavy (non-hydrogen) atoms. The monoisotopic (exact) mass is 389 g/mol. The first-order chi connectivity index (χ1) is 12.9. The molecule has 0 unspecified atom stereocenters. The molecule has 2 heterocycles. The van der Waals surface area contributed by atoms with E-state index in [9.17, 15) is 18.0 Å². The summed E-state index contributed by atoms with van der Waals surface area (Å²) in [6, 6.07) is 12.4. The number of carboxylic acid groups (broad SMARTS) is 1. The van der Waals surface area contributed by atoms with Gasteiger partial charge in [0.25, 0.3) is 5.91 Å². The smallest absolute Gasteiger partial charge is 0.354 e. The van der Waals surface area contributed by atoms with E-state index in [4.69, 9.17) is 5.11 Å². The third-order valence-electron chi connectivity index (χ3n) is 4.31. The highest BCUT2D eigenvalue weighted by Crippen LogP contribution is 2.18. The number of carbonyl (C=O) groups is 2. The van der Waals surface area contributed by atoms with Gasteiger partial charge in [0.15, 0.2) is 0 Å². The van der Waals surface area contributed by atoms with Gasteiger partial charge < -0.3 is 10.0 Å². The molecule has 8 nitrogen and oxygen atoms in total. The molecule has 0 aliphatic carbocycles. The van der Waals surface area contributed by atoms with Crippen LogP contribution in [0.25, 0.3) is 0 Å². The summed E-state index contributed by atoms with van der Waals surface area (Å²) in [6.07, 6.45) is 0.483. The summed E-state index contributed by atoms with van der Waals surface area (Å²) >= 11 is 0. The van der Waals surface area contributed by atoms with Crippen molar-refractivity contribution in [2.75, 3.05) is 26.2 Å². The first-order valence-corrected chi connectivity index (χ1v) is 9.88. The number of carbonyl (C=O) groups excluding carboxylic acids is 1. The minimum Gasteiger partial charge on any atom is -0.477 e. The Hall–Kier alpha value is -2.78. The maximum atomic E-state index is 12.8. The van der Waals surface area contributed by atoms with Gasteiger partial charge >= 0.3 is 5.97 Å². The van der Waals surface area contributed by atoms with Crippen molar-refractivity contribution in [1.82, 2.24) is 14.2 Å². The Morgan fingerprint density at radius 1 is 0.889 bits per heavy atom. The van der Waals surface area contributed by atoms with Crippen molar-refractivity contribution >= 4 is 21.9 Å². The maximum Gasteiger partial charge on any atom is 0.354 e. The van der Waals surface area contributed by atoms with E-state index >= 15 is 0 Å². The van der Waals surface area contributed by atoms with E-state index in [1.165, 1.54) is 27.4 Å². The Morgan fingerprint density at radius 2 is 1.59 bits per heavy atom. The first kappa shape index (κ1) is 19.0. The van der Waals surface area contributed by atoms with Crippen LogP contribution < -0.4 is 0 Å². The number of aromatic carboxylic acids is 1. The number of aromatic nitrogens is 1. The van der Waals surface area contributed by atoms with Crippen molar-refractivity contribution in [2.45, 2.75) is 11.3 Å². The molecule has 0 spiro atoms. The second-order valence-electron chi connectivity index (χ2n) is 6.08. The minimum absolute atomic E-state index is 0.0364. The molecule has 1 aliphatic rings. The normalized spacial score (nSPS) is 15.9. The largest absolute Gasteiger partial charge is 0.477 e. The summed E-state index contributed by atoms with van der Waals surface area (Å²) in [5.74, 6) is -1.61. The molecule has 9 heteroatoms. The summed E-state index contributed by atoms with van der Waals surface area (Å²) in [4.78, 5) is 29.3. The van der Waals surface area contributed by atoms with Gasteiger partial charge in [-0.15, -0.1) is 0 Å². The molecular weight excluding hydrogens is 370 g/mol. The molecule has 1 N–H and O–H groups in total. The fraction of sp³-hybridized carbons (Fsp3) is 0.278. The Kier molecular flexibility index (Phi) is 5.52. The van der Waals surface area contributed by atoms with Crippen LogP contribution in [0.2, 0.25) is 0 Å². The van der Waals surface area contributed by atoms with Gasteiger partial charge in [-0.25, -0.2) is 18.2 Å². The van der Waals surface area contributed by atoms with Gasteiger partial charge in [-0.05, 0) is 30.7 Å². The zero-order valence-electron chi connectivity index (χ0n) is 14.5. The third kappa shape index (κ3) is 4.15. The van der Waals surface area contributed by atoms with Crippen LogP contribution in [-0.4, -0.2) is 65.8 Å². The number of amides is 1. The number of pyridine rings is 1. The summed E-state index contributed by atoms with van der Waals surface area (Å²) < 4.78 is 26.9. The second-order valence-corrected chi connectivity index (χ2v) is 8.01. The topological polar surface area (TPSA) is 108 Å². The molecule has 0 atom stereocenters. The SMILES string of the molecule is O=C(O)c1cccc(C(=O)N2CCCN(S(=O)(=O)c3ccccc3)CC2)n1. The van der Waals surface area contributed by atoms with Crippen LogP contribution in [0.15, 0.2) is 53.4 Å². The van der Waals surface area contributed by atoms with Crippen molar-refractivity contribution in [3.63, 3.8) is 0 Å². The standard InChI is InChI=1S/C18H19N3O5S/c22-17(15-8-4-9-16(19-15)18(23)24)20-10-5-11-21(13-12-20)27(25,26)14-6-2-1-3-7-14/h1-4,6-9H,5,10-13H2,(H,23,24). The van der Waals surface area contributed by atoms with Crippen molar-refractivity contribution in [3.05, 3.63) is 59.9 Å². The molecule has 1 aliphatic heterocycles. The van der Waals surface area contributed by atoms with Crippen LogP contribution in [-0.2, 0) is 10.0 Å². The number of hydrogen-bond donors (Lipinski definition) is 1. The highest BCUT2D eigenvalue weighted by Gasteiger charge is 2.28. The van der Waals surface area contributed by atoms with Crippen molar-refractivity contribution in [1.29, 1.82) is 0 Å². The number of sulfonamides is 1. The van der Waals surface area contributed by atoms with Gasteiger partial charge in [0, 0.05) is 26.2 Å². The van der Waals surface area contributed by atoms with Gasteiger partial charge in [0.2, 0.25) is 10.0 Å². The van der Waals surface area contributed by atoms with Crippen LogP contribution >= 0.6 is 0 Å². The molecule has 1 aromatic heterocycles. The van der Waals surface area contributed by atoms with E-state index < -0.39 is 21.9 Å². The Bertz CT molecular complexity index is 946. The Labute approximate surface area is 157 Å². The molecule has 0 saturated carbocycles. The van der Waals surface area contributed by atoms with Crippen molar-refractivity contribution in [3.8, 4) is 0 Å².